The van der Waals surface area contributed by atoms with Crippen molar-refractivity contribution in [1.82, 2.24) is 10.3 Å². The predicted molar refractivity (Wildman–Crippen MR) is 73.2 cm³/mol. The zero-order valence-corrected chi connectivity index (χ0v) is 12.2. The standard InChI is InChI=1S/C13H29N3O2/c1-10(2)16-6-8-18-12(9-16)13(15-14)11(3)5-7-17-4/h10-13,15H,5-9,14H2,1-4H3. The van der Waals surface area contributed by atoms with Gasteiger partial charge in [0, 0.05) is 32.8 Å². The lowest BCUT2D eigenvalue weighted by molar-refractivity contribution is -0.0651. The number of nitrogens with two attached hydrogens (primary N) is 1. The summed E-state index contributed by atoms with van der Waals surface area (Å²) < 4.78 is 11.0. The maximum atomic E-state index is 5.89. The lowest BCUT2D eigenvalue weighted by Crippen LogP contribution is -2.57. The summed E-state index contributed by atoms with van der Waals surface area (Å²) in [6, 6.07) is 0.741. The van der Waals surface area contributed by atoms with Gasteiger partial charge >= 0.3 is 0 Å². The quantitative estimate of drug-likeness (QED) is 0.518. The third-order valence-electron chi connectivity index (χ3n) is 3.84. The molecular formula is C13H29N3O2. The zero-order valence-electron chi connectivity index (χ0n) is 12.2. The minimum atomic E-state index is 0.165. The Bertz CT molecular complexity index is 226. The molecule has 0 aromatic carbocycles. The van der Waals surface area contributed by atoms with E-state index >= 15 is 0 Å². The Labute approximate surface area is 111 Å². The van der Waals surface area contributed by atoms with Crippen molar-refractivity contribution in [2.75, 3.05) is 33.4 Å². The molecule has 0 amide bonds. The van der Waals surface area contributed by atoms with Gasteiger partial charge in [0.2, 0.25) is 0 Å². The molecule has 1 aliphatic rings. The van der Waals surface area contributed by atoms with Gasteiger partial charge in [-0.25, -0.2) is 0 Å². The average Bonchev–Trinajstić information content (AvgIpc) is 2.37. The van der Waals surface area contributed by atoms with Crippen LogP contribution in [0.3, 0.4) is 0 Å². The van der Waals surface area contributed by atoms with Crippen LogP contribution in [0.15, 0.2) is 0 Å². The van der Waals surface area contributed by atoms with Gasteiger partial charge in [0.1, 0.15) is 0 Å². The van der Waals surface area contributed by atoms with E-state index in [9.17, 15) is 0 Å². The molecule has 1 aliphatic heterocycles. The van der Waals surface area contributed by atoms with Crippen LogP contribution in [-0.4, -0.2) is 56.5 Å². The largest absolute Gasteiger partial charge is 0.385 e. The lowest BCUT2D eigenvalue weighted by atomic mass is 9.93. The maximum Gasteiger partial charge on any atom is 0.0871 e. The summed E-state index contributed by atoms with van der Waals surface area (Å²) >= 11 is 0. The zero-order chi connectivity index (χ0) is 13.5. The van der Waals surface area contributed by atoms with Crippen molar-refractivity contribution in [2.24, 2.45) is 11.8 Å². The third-order valence-corrected chi connectivity index (χ3v) is 3.84. The molecule has 18 heavy (non-hydrogen) atoms. The van der Waals surface area contributed by atoms with Crippen LogP contribution in [0, 0.1) is 5.92 Å². The fourth-order valence-electron chi connectivity index (χ4n) is 2.50. The van der Waals surface area contributed by atoms with E-state index in [0.717, 1.165) is 32.7 Å². The molecule has 0 bridgehead atoms. The molecule has 1 heterocycles. The molecular weight excluding hydrogens is 230 g/mol. The van der Waals surface area contributed by atoms with Gasteiger partial charge in [-0.2, -0.15) is 0 Å². The molecule has 0 saturated carbocycles. The molecule has 1 rings (SSSR count). The van der Waals surface area contributed by atoms with E-state index in [1.807, 2.05) is 0 Å². The Morgan fingerprint density at radius 1 is 1.44 bits per heavy atom. The van der Waals surface area contributed by atoms with Crippen molar-refractivity contribution < 1.29 is 9.47 Å². The molecule has 0 aliphatic carbocycles. The molecule has 0 radical (unpaired) electrons. The molecule has 0 spiro atoms. The van der Waals surface area contributed by atoms with Crippen LogP contribution in [0.25, 0.3) is 0 Å². The van der Waals surface area contributed by atoms with Gasteiger partial charge in [0.05, 0.1) is 18.8 Å². The Kier molecular flexibility index (Phi) is 7.11. The molecule has 0 aromatic rings. The second-order valence-corrected chi connectivity index (χ2v) is 5.45. The topological polar surface area (TPSA) is 59.8 Å². The Balaban J connectivity index is 2.52. The van der Waals surface area contributed by atoms with Crippen LogP contribution in [0.5, 0.6) is 0 Å². The number of methoxy groups -OCH3 is 1. The number of hydrogen-bond donors (Lipinski definition) is 2. The first-order valence-corrected chi connectivity index (χ1v) is 6.90. The first-order valence-electron chi connectivity index (χ1n) is 6.90. The van der Waals surface area contributed by atoms with E-state index in [2.05, 4.69) is 31.1 Å². The van der Waals surface area contributed by atoms with Crippen LogP contribution < -0.4 is 11.3 Å². The van der Waals surface area contributed by atoms with E-state index in [1.54, 1.807) is 7.11 Å². The van der Waals surface area contributed by atoms with Gasteiger partial charge in [-0.15, -0.1) is 0 Å². The molecule has 0 aromatic heterocycles. The summed E-state index contributed by atoms with van der Waals surface area (Å²) in [6.07, 6.45) is 1.16. The highest BCUT2D eigenvalue weighted by Crippen LogP contribution is 2.18. The Morgan fingerprint density at radius 2 is 2.17 bits per heavy atom. The fraction of sp³-hybridized carbons (Fsp3) is 1.00. The van der Waals surface area contributed by atoms with Gasteiger partial charge in [0.25, 0.3) is 0 Å². The summed E-state index contributed by atoms with van der Waals surface area (Å²) in [5.74, 6) is 6.15. The number of hydrazine groups is 1. The number of ether oxygens (including phenoxy) is 2. The molecule has 5 heteroatoms. The number of hydrogen-bond acceptors (Lipinski definition) is 5. The van der Waals surface area contributed by atoms with Crippen LogP contribution in [0.2, 0.25) is 0 Å². The number of nitrogens with one attached hydrogen (secondary N) is 1. The number of rotatable bonds is 7. The Morgan fingerprint density at radius 3 is 2.72 bits per heavy atom. The molecule has 108 valence electrons. The minimum absolute atomic E-state index is 0.165. The summed E-state index contributed by atoms with van der Waals surface area (Å²) in [5.41, 5.74) is 2.93. The highest BCUT2D eigenvalue weighted by Gasteiger charge is 2.31. The van der Waals surface area contributed by atoms with Crippen molar-refractivity contribution in [1.29, 1.82) is 0 Å². The lowest BCUT2D eigenvalue weighted by Gasteiger charge is -2.40. The van der Waals surface area contributed by atoms with Gasteiger partial charge in [-0.1, -0.05) is 6.92 Å². The van der Waals surface area contributed by atoms with Crippen LogP contribution in [0.1, 0.15) is 27.2 Å². The molecule has 3 atom stereocenters. The normalized spacial score (nSPS) is 25.3. The molecule has 1 fully saturated rings. The second-order valence-electron chi connectivity index (χ2n) is 5.45. The van der Waals surface area contributed by atoms with Crippen molar-refractivity contribution in [3.05, 3.63) is 0 Å². The first kappa shape index (κ1) is 15.9. The van der Waals surface area contributed by atoms with Gasteiger partial charge in [-0.3, -0.25) is 16.2 Å². The SMILES string of the molecule is COCCC(C)C(NN)C1CN(C(C)C)CCO1. The van der Waals surface area contributed by atoms with Crippen molar-refractivity contribution in [3.8, 4) is 0 Å². The summed E-state index contributed by atoms with van der Waals surface area (Å²) in [5, 5.41) is 0. The molecule has 3 unspecified atom stereocenters. The summed E-state index contributed by atoms with van der Waals surface area (Å²) in [4.78, 5) is 2.45. The molecule has 3 N–H and O–H groups in total. The number of nitrogens with zero attached hydrogens (tertiary/aromatic N) is 1. The maximum absolute atomic E-state index is 5.89. The monoisotopic (exact) mass is 259 g/mol. The second kappa shape index (κ2) is 8.07. The van der Waals surface area contributed by atoms with E-state index in [0.29, 0.717) is 12.0 Å². The highest BCUT2D eigenvalue weighted by atomic mass is 16.5. The van der Waals surface area contributed by atoms with Gasteiger partial charge in [0.15, 0.2) is 0 Å². The van der Waals surface area contributed by atoms with E-state index in [-0.39, 0.29) is 12.1 Å². The van der Waals surface area contributed by atoms with Crippen LogP contribution in [-0.2, 0) is 9.47 Å². The minimum Gasteiger partial charge on any atom is -0.385 e. The van der Waals surface area contributed by atoms with Crippen molar-refractivity contribution >= 4 is 0 Å². The fourth-order valence-corrected chi connectivity index (χ4v) is 2.50. The van der Waals surface area contributed by atoms with E-state index in [1.165, 1.54) is 0 Å². The third kappa shape index (κ3) is 4.48. The summed E-state index contributed by atoms with van der Waals surface area (Å²) in [6.45, 7) is 10.2. The Hall–Kier alpha value is -0.200. The first-order chi connectivity index (χ1) is 8.60. The summed E-state index contributed by atoms with van der Waals surface area (Å²) in [7, 11) is 1.73. The molecule has 1 saturated heterocycles. The van der Waals surface area contributed by atoms with Crippen LogP contribution in [0.4, 0.5) is 0 Å². The predicted octanol–water partition coefficient (Wildman–Crippen LogP) is 0.600. The van der Waals surface area contributed by atoms with E-state index < -0.39 is 0 Å². The molecule has 5 nitrogen and oxygen atoms in total. The highest BCUT2D eigenvalue weighted by molar-refractivity contribution is 4.86. The van der Waals surface area contributed by atoms with Crippen LogP contribution >= 0.6 is 0 Å². The average molecular weight is 259 g/mol. The smallest absolute Gasteiger partial charge is 0.0871 e. The van der Waals surface area contributed by atoms with E-state index in [4.69, 9.17) is 15.3 Å². The van der Waals surface area contributed by atoms with Crippen molar-refractivity contribution in [3.63, 3.8) is 0 Å². The van der Waals surface area contributed by atoms with Crippen molar-refractivity contribution in [2.45, 2.75) is 45.4 Å². The number of morpholine rings is 1. The van der Waals surface area contributed by atoms with Gasteiger partial charge in [-0.05, 0) is 26.2 Å². The van der Waals surface area contributed by atoms with Gasteiger partial charge < -0.3 is 9.47 Å².